The molecule has 0 aromatic heterocycles. The van der Waals surface area contributed by atoms with Crippen molar-refractivity contribution in [3.63, 3.8) is 0 Å². The molecule has 0 amide bonds. The van der Waals surface area contributed by atoms with Crippen LogP contribution >= 0.6 is 0 Å². The van der Waals surface area contributed by atoms with Gasteiger partial charge >= 0.3 is 0 Å². The van der Waals surface area contributed by atoms with Gasteiger partial charge in [-0.2, -0.15) is 0 Å². The molecule has 1 aliphatic rings. The second-order valence-corrected chi connectivity index (χ2v) is 5.03. The van der Waals surface area contributed by atoms with Crippen LogP contribution < -0.4 is 5.32 Å². The maximum atomic E-state index is 3.60. The molecule has 0 saturated carbocycles. The molecule has 1 aromatic rings. The van der Waals surface area contributed by atoms with E-state index in [-0.39, 0.29) is 0 Å². The molecular formula is C16H23N. The van der Waals surface area contributed by atoms with Crippen LogP contribution in [0.4, 0.5) is 0 Å². The van der Waals surface area contributed by atoms with E-state index < -0.39 is 0 Å². The summed E-state index contributed by atoms with van der Waals surface area (Å²) in [5, 5.41) is 3.60. The summed E-state index contributed by atoms with van der Waals surface area (Å²) in [4.78, 5) is 0. The minimum Gasteiger partial charge on any atom is -0.316 e. The van der Waals surface area contributed by atoms with Crippen LogP contribution in [-0.2, 0) is 6.42 Å². The Bertz CT molecular complexity index is 368. The van der Waals surface area contributed by atoms with E-state index in [0.29, 0.717) is 0 Å². The van der Waals surface area contributed by atoms with Gasteiger partial charge in [0.25, 0.3) is 0 Å². The fourth-order valence-electron chi connectivity index (χ4n) is 2.46. The predicted molar refractivity (Wildman–Crippen MR) is 74.2 cm³/mol. The van der Waals surface area contributed by atoms with E-state index >= 15 is 0 Å². The SMILES string of the molecule is Cc1ccccc1CCNCC1CC=CCC1. The van der Waals surface area contributed by atoms with Crippen molar-refractivity contribution >= 4 is 0 Å². The summed E-state index contributed by atoms with van der Waals surface area (Å²) >= 11 is 0. The summed E-state index contributed by atoms with van der Waals surface area (Å²) in [6, 6.07) is 8.68. The minimum atomic E-state index is 0.858. The smallest absolute Gasteiger partial charge is 0.000813 e. The maximum absolute atomic E-state index is 3.60. The molecule has 1 nitrogen and oxygen atoms in total. The molecular weight excluding hydrogens is 206 g/mol. The average Bonchev–Trinajstić information content (AvgIpc) is 2.38. The van der Waals surface area contributed by atoms with Crippen molar-refractivity contribution < 1.29 is 0 Å². The van der Waals surface area contributed by atoms with Crippen LogP contribution in [-0.4, -0.2) is 13.1 Å². The third kappa shape index (κ3) is 4.01. The van der Waals surface area contributed by atoms with Gasteiger partial charge in [0.15, 0.2) is 0 Å². The highest BCUT2D eigenvalue weighted by Gasteiger charge is 2.08. The van der Waals surface area contributed by atoms with Gasteiger partial charge in [0, 0.05) is 0 Å². The zero-order valence-electron chi connectivity index (χ0n) is 10.8. The molecule has 0 bridgehead atoms. The quantitative estimate of drug-likeness (QED) is 0.602. The molecule has 1 aliphatic carbocycles. The minimum absolute atomic E-state index is 0.858. The van der Waals surface area contributed by atoms with Crippen LogP contribution in [0.5, 0.6) is 0 Å². The Morgan fingerprint density at radius 1 is 1.24 bits per heavy atom. The van der Waals surface area contributed by atoms with Gasteiger partial charge in [-0.25, -0.2) is 0 Å². The number of hydrogen-bond acceptors (Lipinski definition) is 1. The number of rotatable bonds is 5. The van der Waals surface area contributed by atoms with E-state index in [2.05, 4.69) is 48.7 Å². The van der Waals surface area contributed by atoms with Crippen molar-refractivity contribution in [3.05, 3.63) is 47.5 Å². The van der Waals surface area contributed by atoms with Crippen LogP contribution in [0.15, 0.2) is 36.4 Å². The molecule has 0 spiro atoms. The predicted octanol–water partition coefficient (Wildman–Crippen LogP) is 3.48. The molecule has 92 valence electrons. The summed E-state index contributed by atoms with van der Waals surface area (Å²) < 4.78 is 0. The Balaban J connectivity index is 1.66. The van der Waals surface area contributed by atoms with E-state index in [1.54, 1.807) is 0 Å². The van der Waals surface area contributed by atoms with Crippen LogP contribution in [0.1, 0.15) is 30.4 Å². The maximum Gasteiger partial charge on any atom is -0.000813 e. The monoisotopic (exact) mass is 229 g/mol. The van der Waals surface area contributed by atoms with Crippen molar-refractivity contribution in [3.8, 4) is 0 Å². The van der Waals surface area contributed by atoms with Gasteiger partial charge in [0.2, 0.25) is 0 Å². The molecule has 2 rings (SSSR count). The summed E-state index contributed by atoms with van der Waals surface area (Å²) in [5.74, 6) is 0.858. The second kappa shape index (κ2) is 6.61. The van der Waals surface area contributed by atoms with Gasteiger partial charge < -0.3 is 5.32 Å². The zero-order chi connectivity index (χ0) is 11.9. The van der Waals surface area contributed by atoms with E-state index in [9.17, 15) is 0 Å². The standard InChI is InChI=1S/C16H23N/c1-14-7-5-6-10-16(14)11-12-17-13-15-8-3-2-4-9-15/h2-3,5-7,10,15,17H,4,8-9,11-13H2,1H3. The first-order valence-electron chi connectivity index (χ1n) is 6.76. The third-order valence-electron chi connectivity index (χ3n) is 3.64. The fourth-order valence-corrected chi connectivity index (χ4v) is 2.46. The van der Waals surface area contributed by atoms with E-state index in [0.717, 1.165) is 18.9 Å². The van der Waals surface area contributed by atoms with Gasteiger partial charge in [0.05, 0.1) is 0 Å². The van der Waals surface area contributed by atoms with Crippen molar-refractivity contribution in [1.82, 2.24) is 5.32 Å². The molecule has 0 saturated heterocycles. The first-order chi connectivity index (χ1) is 8.36. The number of hydrogen-bond donors (Lipinski definition) is 1. The van der Waals surface area contributed by atoms with Crippen LogP contribution in [0.25, 0.3) is 0 Å². The van der Waals surface area contributed by atoms with Gasteiger partial charge in [-0.1, -0.05) is 36.4 Å². The lowest BCUT2D eigenvalue weighted by molar-refractivity contribution is 0.442. The number of aryl methyl sites for hydroxylation is 1. The molecule has 1 aromatic carbocycles. The van der Waals surface area contributed by atoms with Crippen molar-refractivity contribution in [2.45, 2.75) is 32.6 Å². The van der Waals surface area contributed by atoms with Gasteiger partial charge in [-0.15, -0.1) is 0 Å². The zero-order valence-corrected chi connectivity index (χ0v) is 10.8. The first-order valence-corrected chi connectivity index (χ1v) is 6.76. The van der Waals surface area contributed by atoms with E-state index in [1.807, 2.05) is 0 Å². The molecule has 0 radical (unpaired) electrons. The second-order valence-electron chi connectivity index (χ2n) is 5.03. The Labute approximate surface area is 105 Å². The van der Waals surface area contributed by atoms with Gasteiger partial charge in [-0.3, -0.25) is 0 Å². The highest BCUT2D eigenvalue weighted by atomic mass is 14.9. The normalized spacial score (nSPS) is 19.5. The Morgan fingerprint density at radius 2 is 2.12 bits per heavy atom. The Hall–Kier alpha value is -1.08. The molecule has 0 heterocycles. The summed E-state index contributed by atoms with van der Waals surface area (Å²) in [6.45, 7) is 4.47. The molecule has 0 fully saturated rings. The molecule has 1 N–H and O–H groups in total. The summed E-state index contributed by atoms with van der Waals surface area (Å²) in [6.07, 6.45) is 9.67. The molecule has 1 unspecified atom stereocenters. The molecule has 1 heteroatoms. The highest BCUT2D eigenvalue weighted by Crippen LogP contribution is 2.16. The van der Waals surface area contributed by atoms with Crippen LogP contribution in [0.2, 0.25) is 0 Å². The Kier molecular flexibility index (Phi) is 4.81. The summed E-state index contributed by atoms with van der Waals surface area (Å²) in [5.41, 5.74) is 2.89. The third-order valence-corrected chi connectivity index (χ3v) is 3.64. The van der Waals surface area contributed by atoms with Crippen molar-refractivity contribution in [2.75, 3.05) is 13.1 Å². The molecule has 17 heavy (non-hydrogen) atoms. The lowest BCUT2D eigenvalue weighted by Gasteiger charge is -2.18. The number of nitrogens with one attached hydrogen (secondary N) is 1. The Morgan fingerprint density at radius 3 is 2.88 bits per heavy atom. The largest absolute Gasteiger partial charge is 0.316 e. The first kappa shape index (κ1) is 12.4. The fraction of sp³-hybridized carbons (Fsp3) is 0.500. The summed E-state index contributed by atoms with van der Waals surface area (Å²) in [7, 11) is 0. The van der Waals surface area contributed by atoms with Crippen LogP contribution in [0, 0.1) is 12.8 Å². The average molecular weight is 229 g/mol. The van der Waals surface area contributed by atoms with Crippen molar-refractivity contribution in [1.29, 1.82) is 0 Å². The highest BCUT2D eigenvalue weighted by molar-refractivity contribution is 5.25. The molecule has 1 atom stereocenters. The van der Waals surface area contributed by atoms with E-state index in [1.165, 1.54) is 36.9 Å². The van der Waals surface area contributed by atoms with E-state index in [4.69, 9.17) is 0 Å². The molecule has 0 aliphatic heterocycles. The van der Waals surface area contributed by atoms with Gasteiger partial charge in [0.1, 0.15) is 0 Å². The topological polar surface area (TPSA) is 12.0 Å². The number of benzene rings is 1. The van der Waals surface area contributed by atoms with Crippen LogP contribution in [0.3, 0.4) is 0 Å². The lowest BCUT2D eigenvalue weighted by Crippen LogP contribution is -2.25. The van der Waals surface area contributed by atoms with Gasteiger partial charge in [-0.05, 0) is 62.7 Å². The van der Waals surface area contributed by atoms with Crippen molar-refractivity contribution in [2.24, 2.45) is 5.92 Å². The number of allylic oxidation sites excluding steroid dienone is 2. The lowest BCUT2D eigenvalue weighted by atomic mass is 9.94.